The Labute approximate surface area is 111 Å². The smallest absolute Gasteiger partial charge is 0.258 e. The lowest BCUT2D eigenvalue weighted by molar-refractivity contribution is 0.131. The minimum atomic E-state index is -2.36. The molecule has 1 unspecified atom stereocenters. The van der Waals surface area contributed by atoms with E-state index in [0.29, 0.717) is 0 Å². The molecule has 0 bridgehead atoms. The van der Waals surface area contributed by atoms with Gasteiger partial charge in [-0.3, -0.25) is 0 Å². The van der Waals surface area contributed by atoms with Crippen molar-refractivity contribution in [3.63, 3.8) is 0 Å². The van der Waals surface area contributed by atoms with Crippen LogP contribution in [0.25, 0.3) is 11.1 Å². The van der Waals surface area contributed by atoms with E-state index >= 15 is 0 Å². The van der Waals surface area contributed by atoms with Crippen LogP contribution < -0.4 is 5.32 Å². The molecule has 2 aromatic rings. The van der Waals surface area contributed by atoms with Crippen molar-refractivity contribution in [1.82, 2.24) is 0 Å². The standard InChI is InChI=1S/C16H15F2N/c1-10(16(17)18)19-13-6-7-15-12(9-13)8-11-4-2-3-5-14(11)15/h2-7,9-10,16,19H,8H2,1H3. The maximum atomic E-state index is 12.5. The van der Waals surface area contributed by atoms with E-state index in [2.05, 4.69) is 17.4 Å². The Morgan fingerprint density at radius 2 is 1.74 bits per heavy atom. The van der Waals surface area contributed by atoms with Gasteiger partial charge >= 0.3 is 0 Å². The lowest BCUT2D eigenvalue weighted by Gasteiger charge is -2.15. The number of fused-ring (bicyclic) bond motifs is 3. The molecule has 1 aliphatic carbocycles. The van der Waals surface area contributed by atoms with Gasteiger partial charge in [0.1, 0.15) is 0 Å². The fraction of sp³-hybridized carbons (Fsp3) is 0.250. The molecule has 0 spiro atoms. The third-order valence-electron chi connectivity index (χ3n) is 3.57. The predicted octanol–water partition coefficient (Wildman–Crippen LogP) is 4.32. The van der Waals surface area contributed by atoms with Crippen LogP contribution in [-0.4, -0.2) is 12.5 Å². The molecule has 1 N–H and O–H groups in total. The van der Waals surface area contributed by atoms with Crippen LogP contribution in [0.2, 0.25) is 0 Å². The average Bonchev–Trinajstić information content (AvgIpc) is 2.76. The van der Waals surface area contributed by atoms with Crippen molar-refractivity contribution in [3.05, 3.63) is 53.6 Å². The number of hydrogen-bond donors (Lipinski definition) is 1. The molecule has 98 valence electrons. The predicted molar refractivity (Wildman–Crippen MR) is 73.8 cm³/mol. The summed E-state index contributed by atoms with van der Waals surface area (Å²) in [5, 5.41) is 2.85. The first-order valence-corrected chi connectivity index (χ1v) is 6.41. The number of benzene rings is 2. The summed E-state index contributed by atoms with van der Waals surface area (Å²) in [5.41, 5.74) is 5.74. The first kappa shape index (κ1) is 12.2. The minimum Gasteiger partial charge on any atom is -0.377 e. The summed E-state index contributed by atoms with van der Waals surface area (Å²) < 4.78 is 25.1. The quantitative estimate of drug-likeness (QED) is 0.738. The summed E-state index contributed by atoms with van der Waals surface area (Å²) >= 11 is 0. The molecule has 3 heteroatoms. The molecule has 0 amide bonds. The van der Waals surface area contributed by atoms with Gasteiger partial charge in [-0.15, -0.1) is 0 Å². The molecule has 0 aliphatic heterocycles. The number of halogens is 2. The summed E-state index contributed by atoms with van der Waals surface area (Å²) in [7, 11) is 0. The summed E-state index contributed by atoms with van der Waals surface area (Å²) in [6.07, 6.45) is -1.48. The van der Waals surface area contributed by atoms with Crippen LogP contribution in [0.5, 0.6) is 0 Å². The molecule has 1 atom stereocenters. The second kappa shape index (κ2) is 4.65. The van der Waals surface area contributed by atoms with Crippen molar-refractivity contribution in [1.29, 1.82) is 0 Å². The van der Waals surface area contributed by atoms with Crippen LogP contribution in [0.15, 0.2) is 42.5 Å². The number of alkyl halides is 2. The van der Waals surface area contributed by atoms with Crippen molar-refractivity contribution in [3.8, 4) is 11.1 Å². The zero-order chi connectivity index (χ0) is 13.4. The lowest BCUT2D eigenvalue weighted by atomic mass is 10.1. The van der Waals surface area contributed by atoms with E-state index in [1.807, 2.05) is 30.3 Å². The van der Waals surface area contributed by atoms with Gasteiger partial charge < -0.3 is 5.32 Å². The molecule has 0 aromatic heterocycles. The Balaban J connectivity index is 1.89. The van der Waals surface area contributed by atoms with Gasteiger partial charge in [-0.1, -0.05) is 30.3 Å². The van der Waals surface area contributed by atoms with Gasteiger partial charge in [-0.05, 0) is 47.7 Å². The third-order valence-corrected chi connectivity index (χ3v) is 3.57. The zero-order valence-electron chi connectivity index (χ0n) is 10.7. The number of nitrogens with one attached hydrogen (secondary N) is 1. The van der Waals surface area contributed by atoms with Crippen LogP contribution in [0.1, 0.15) is 18.1 Å². The van der Waals surface area contributed by atoms with Gasteiger partial charge in [0, 0.05) is 5.69 Å². The van der Waals surface area contributed by atoms with Gasteiger partial charge in [0.2, 0.25) is 0 Å². The van der Waals surface area contributed by atoms with E-state index in [1.54, 1.807) is 0 Å². The van der Waals surface area contributed by atoms with E-state index in [-0.39, 0.29) is 0 Å². The molecule has 1 aliphatic rings. The summed E-state index contributed by atoms with van der Waals surface area (Å²) in [6, 6.07) is 13.3. The SMILES string of the molecule is CC(Nc1ccc2c(c1)Cc1ccccc1-2)C(F)F. The Morgan fingerprint density at radius 3 is 2.53 bits per heavy atom. The minimum absolute atomic E-state index is 0.763. The van der Waals surface area contributed by atoms with Gasteiger partial charge in [0.05, 0.1) is 6.04 Å². The summed E-state index contributed by atoms with van der Waals surface area (Å²) in [6.45, 7) is 1.49. The van der Waals surface area contributed by atoms with Gasteiger partial charge in [-0.2, -0.15) is 0 Å². The highest BCUT2D eigenvalue weighted by Gasteiger charge is 2.19. The van der Waals surface area contributed by atoms with Crippen LogP contribution in [0.3, 0.4) is 0 Å². The Kier molecular flexibility index (Phi) is 2.97. The van der Waals surface area contributed by atoms with Crippen molar-refractivity contribution < 1.29 is 8.78 Å². The summed E-state index contributed by atoms with van der Waals surface area (Å²) in [4.78, 5) is 0. The molecular formula is C16H15F2N. The van der Waals surface area contributed by atoms with Crippen LogP contribution in [0, 0.1) is 0 Å². The van der Waals surface area contributed by atoms with Crippen LogP contribution >= 0.6 is 0 Å². The highest BCUT2D eigenvalue weighted by atomic mass is 19.3. The van der Waals surface area contributed by atoms with E-state index in [0.717, 1.165) is 12.1 Å². The van der Waals surface area contributed by atoms with Crippen molar-refractivity contribution in [2.75, 3.05) is 5.32 Å². The lowest BCUT2D eigenvalue weighted by Crippen LogP contribution is -2.23. The van der Waals surface area contributed by atoms with E-state index in [9.17, 15) is 8.78 Å². The Bertz CT molecular complexity index is 607. The maximum Gasteiger partial charge on any atom is 0.258 e. The largest absolute Gasteiger partial charge is 0.377 e. The van der Waals surface area contributed by atoms with Gasteiger partial charge in [0.25, 0.3) is 6.43 Å². The second-order valence-corrected chi connectivity index (χ2v) is 4.97. The van der Waals surface area contributed by atoms with Crippen molar-refractivity contribution in [2.45, 2.75) is 25.8 Å². The van der Waals surface area contributed by atoms with E-state index < -0.39 is 12.5 Å². The molecule has 0 fully saturated rings. The summed E-state index contributed by atoms with van der Waals surface area (Å²) in [5.74, 6) is 0. The Morgan fingerprint density at radius 1 is 1.00 bits per heavy atom. The first-order valence-electron chi connectivity index (χ1n) is 6.41. The maximum absolute atomic E-state index is 12.5. The monoisotopic (exact) mass is 259 g/mol. The number of rotatable bonds is 3. The average molecular weight is 259 g/mol. The number of anilines is 1. The third kappa shape index (κ3) is 2.21. The molecule has 0 saturated carbocycles. The molecule has 0 saturated heterocycles. The Hall–Kier alpha value is -1.90. The van der Waals surface area contributed by atoms with Crippen LogP contribution in [-0.2, 0) is 6.42 Å². The van der Waals surface area contributed by atoms with Crippen molar-refractivity contribution in [2.24, 2.45) is 0 Å². The second-order valence-electron chi connectivity index (χ2n) is 4.97. The fourth-order valence-electron chi connectivity index (χ4n) is 2.56. The first-order chi connectivity index (χ1) is 9.15. The molecular weight excluding hydrogens is 244 g/mol. The highest BCUT2D eigenvalue weighted by Crippen LogP contribution is 2.37. The normalized spacial score (nSPS) is 14.1. The van der Waals surface area contributed by atoms with Gasteiger partial charge in [0.15, 0.2) is 0 Å². The molecule has 1 nitrogen and oxygen atoms in total. The molecule has 3 rings (SSSR count). The molecule has 2 aromatic carbocycles. The molecule has 0 radical (unpaired) electrons. The van der Waals surface area contributed by atoms with Crippen molar-refractivity contribution >= 4 is 5.69 Å². The van der Waals surface area contributed by atoms with Crippen LogP contribution in [0.4, 0.5) is 14.5 Å². The van der Waals surface area contributed by atoms with E-state index in [1.165, 1.54) is 29.2 Å². The van der Waals surface area contributed by atoms with E-state index in [4.69, 9.17) is 0 Å². The topological polar surface area (TPSA) is 12.0 Å². The highest BCUT2D eigenvalue weighted by molar-refractivity contribution is 5.78. The van der Waals surface area contributed by atoms with Gasteiger partial charge in [-0.25, -0.2) is 8.78 Å². The number of hydrogen-bond acceptors (Lipinski definition) is 1. The zero-order valence-corrected chi connectivity index (χ0v) is 10.7. The fourth-order valence-corrected chi connectivity index (χ4v) is 2.56. The molecule has 19 heavy (non-hydrogen) atoms. The molecule has 0 heterocycles.